The summed E-state index contributed by atoms with van der Waals surface area (Å²) in [6.45, 7) is 3.96. The SMILES string of the molecule is COc1ccccc1CN1C[C@H](C(=O)N2CCCC[C@@H]2C)CC1=O. The summed E-state index contributed by atoms with van der Waals surface area (Å²) in [6, 6.07) is 8.01. The van der Waals surface area contributed by atoms with E-state index in [9.17, 15) is 9.59 Å². The molecule has 5 nitrogen and oxygen atoms in total. The highest BCUT2D eigenvalue weighted by atomic mass is 16.5. The Kier molecular flexibility index (Phi) is 5.07. The molecule has 2 saturated heterocycles. The first-order chi connectivity index (χ1) is 11.6. The molecule has 0 bridgehead atoms. The Bertz CT molecular complexity index is 616. The van der Waals surface area contributed by atoms with Crippen molar-refractivity contribution in [2.45, 2.75) is 45.2 Å². The Balaban J connectivity index is 1.66. The van der Waals surface area contributed by atoms with Crippen LogP contribution >= 0.6 is 0 Å². The lowest BCUT2D eigenvalue weighted by molar-refractivity contribution is -0.139. The summed E-state index contributed by atoms with van der Waals surface area (Å²) in [4.78, 5) is 28.9. The van der Waals surface area contributed by atoms with Crippen molar-refractivity contribution in [2.75, 3.05) is 20.2 Å². The summed E-state index contributed by atoms with van der Waals surface area (Å²) in [7, 11) is 1.63. The molecule has 0 saturated carbocycles. The number of rotatable bonds is 4. The summed E-state index contributed by atoms with van der Waals surface area (Å²) in [6.07, 6.45) is 3.66. The fraction of sp³-hybridized carbons (Fsp3) is 0.579. The summed E-state index contributed by atoms with van der Waals surface area (Å²) in [5.74, 6) is 0.791. The molecule has 0 aliphatic carbocycles. The molecule has 2 amide bonds. The van der Waals surface area contributed by atoms with Crippen molar-refractivity contribution >= 4 is 11.8 Å². The van der Waals surface area contributed by atoms with E-state index in [2.05, 4.69) is 6.92 Å². The number of ether oxygens (including phenoxy) is 1. The Hall–Kier alpha value is -2.04. The molecular formula is C19H26N2O3. The third kappa shape index (κ3) is 3.40. The molecule has 2 aliphatic heterocycles. The summed E-state index contributed by atoms with van der Waals surface area (Å²) in [5, 5.41) is 0. The second-order valence-electron chi connectivity index (χ2n) is 6.86. The number of carbonyl (C=O) groups is 2. The Morgan fingerprint density at radius 1 is 1.29 bits per heavy atom. The lowest BCUT2D eigenvalue weighted by atomic mass is 9.99. The van der Waals surface area contributed by atoms with Crippen molar-refractivity contribution in [2.24, 2.45) is 5.92 Å². The molecular weight excluding hydrogens is 304 g/mol. The number of amides is 2. The van der Waals surface area contributed by atoms with Crippen LogP contribution in [0.25, 0.3) is 0 Å². The molecule has 0 spiro atoms. The predicted octanol–water partition coefficient (Wildman–Crippen LogP) is 2.44. The summed E-state index contributed by atoms with van der Waals surface area (Å²) in [5.41, 5.74) is 0.979. The molecule has 1 aromatic rings. The van der Waals surface area contributed by atoms with Crippen LogP contribution in [0.3, 0.4) is 0 Å². The van der Waals surface area contributed by atoms with Gasteiger partial charge in [-0.1, -0.05) is 18.2 Å². The van der Waals surface area contributed by atoms with Crippen molar-refractivity contribution in [3.8, 4) is 5.75 Å². The average Bonchev–Trinajstić information content (AvgIpc) is 2.96. The molecule has 0 N–H and O–H groups in total. The maximum Gasteiger partial charge on any atom is 0.228 e. The van der Waals surface area contributed by atoms with Gasteiger partial charge in [0, 0.05) is 37.7 Å². The maximum absolute atomic E-state index is 12.8. The number of likely N-dealkylation sites (tertiary alicyclic amines) is 2. The molecule has 2 heterocycles. The van der Waals surface area contributed by atoms with E-state index in [1.54, 1.807) is 12.0 Å². The van der Waals surface area contributed by atoms with Crippen LogP contribution in [-0.4, -0.2) is 47.9 Å². The van der Waals surface area contributed by atoms with Gasteiger partial charge in [0.15, 0.2) is 0 Å². The highest BCUT2D eigenvalue weighted by Crippen LogP contribution is 2.27. The summed E-state index contributed by atoms with van der Waals surface area (Å²) < 4.78 is 5.36. The van der Waals surface area contributed by atoms with E-state index in [4.69, 9.17) is 4.74 Å². The molecule has 0 unspecified atom stereocenters. The van der Waals surface area contributed by atoms with Gasteiger partial charge in [0.05, 0.1) is 13.0 Å². The van der Waals surface area contributed by atoms with Gasteiger partial charge < -0.3 is 14.5 Å². The van der Waals surface area contributed by atoms with Crippen molar-refractivity contribution in [3.63, 3.8) is 0 Å². The summed E-state index contributed by atoms with van der Waals surface area (Å²) >= 11 is 0. The van der Waals surface area contributed by atoms with Crippen LogP contribution in [0.2, 0.25) is 0 Å². The third-order valence-corrected chi connectivity index (χ3v) is 5.20. The third-order valence-electron chi connectivity index (χ3n) is 5.20. The van der Waals surface area contributed by atoms with Crippen molar-refractivity contribution in [1.82, 2.24) is 9.80 Å². The fourth-order valence-corrected chi connectivity index (χ4v) is 3.79. The Morgan fingerprint density at radius 2 is 2.08 bits per heavy atom. The Morgan fingerprint density at radius 3 is 2.83 bits per heavy atom. The van der Waals surface area contributed by atoms with Gasteiger partial charge in [0.25, 0.3) is 0 Å². The van der Waals surface area contributed by atoms with Crippen LogP contribution in [0, 0.1) is 5.92 Å². The van der Waals surface area contributed by atoms with Crippen molar-refractivity contribution in [3.05, 3.63) is 29.8 Å². The lowest BCUT2D eigenvalue weighted by Gasteiger charge is -2.35. The number of nitrogens with zero attached hydrogens (tertiary/aromatic N) is 2. The number of carbonyl (C=O) groups excluding carboxylic acids is 2. The first kappa shape index (κ1) is 16.8. The highest BCUT2D eigenvalue weighted by molar-refractivity contribution is 5.89. The lowest BCUT2D eigenvalue weighted by Crippen LogP contribution is -2.45. The quantitative estimate of drug-likeness (QED) is 0.852. The van der Waals surface area contributed by atoms with Crippen LogP contribution in [-0.2, 0) is 16.1 Å². The molecule has 0 radical (unpaired) electrons. The predicted molar refractivity (Wildman–Crippen MR) is 91.5 cm³/mol. The average molecular weight is 330 g/mol. The van der Waals surface area contributed by atoms with Gasteiger partial charge >= 0.3 is 0 Å². The minimum Gasteiger partial charge on any atom is -0.496 e. The number of piperidine rings is 1. The van der Waals surface area contributed by atoms with Crippen LogP contribution in [0.4, 0.5) is 0 Å². The maximum atomic E-state index is 12.8. The monoisotopic (exact) mass is 330 g/mol. The molecule has 2 aliphatic rings. The second kappa shape index (κ2) is 7.24. The van der Waals surface area contributed by atoms with E-state index in [1.165, 1.54) is 6.42 Å². The van der Waals surface area contributed by atoms with Crippen LogP contribution < -0.4 is 4.74 Å². The van der Waals surface area contributed by atoms with Gasteiger partial charge in [-0.25, -0.2) is 0 Å². The number of methoxy groups -OCH3 is 1. The first-order valence-electron chi connectivity index (χ1n) is 8.80. The minimum atomic E-state index is -0.201. The van der Waals surface area contributed by atoms with Gasteiger partial charge in [-0.15, -0.1) is 0 Å². The second-order valence-corrected chi connectivity index (χ2v) is 6.86. The number of hydrogen-bond donors (Lipinski definition) is 0. The molecule has 130 valence electrons. The molecule has 3 rings (SSSR count). The molecule has 2 fully saturated rings. The van der Waals surface area contributed by atoms with Crippen LogP contribution in [0.15, 0.2) is 24.3 Å². The number of hydrogen-bond acceptors (Lipinski definition) is 3. The van der Waals surface area contributed by atoms with E-state index >= 15 is 0 Å². The van der Waals surface area contributed by atoms with Crippen LogP contribution in [0.1, 0.15) is 38.2 Å². The van der Waals surface area contributed by atoms with Gasteiger partial charge in [-0.05, 0) is 32.3 Å². The van der Waals surface area contributed by atoms with Gasteiger partial charge in [-0.2, -0.15) is 0 Å². The largest absolute Gasteiger partial charge is 0.496 e. The molecule has 2 atom stereocenters. The topological polar surface area (TPSA) is 49.9 Å². The Labute approximate surface area is 143 Å². The van der Waals surface area contributed by atoms with Gasteiger partial charge in [0.2, 0.25) is 11.8 Å². The molecule has 24 heavy (non-hydrogen) atoms. The van der Waals surface area contributed by atoms with Crippen molar-refractivity contribution in [1.29, 1.82) is 0 Å². The number of para-hydroxylation sites is 1. The number of benzene rings is 1. The molecule has 5 heteroatoms. The van der Waals surface area contributed by atoms with Crippen molar-refractivity contribution < 1.29 is 14.3 Å². The molecule has 1 aromatic carbocycles. The van der Waals surface area contributed by atoms with Crippen LogP contribution in [0.5, 0.6) is 5.75 Å². The normalized spacial score (nSPS) is 24.3. The van der Waals surface area contributed by atoms with E-state index in [-0.39, 0.29) is 17.7 Å². The smallest absolute Gasteiger partial charge is 0.228 e. The zero-order chi connectivity index (χ0) is 17.1. The first-order valence-corrected chi connectivity index (χ1v) is 8.80. The van der Waals surface area contributed by atoms with E-state index in [0.717, 1.165) is 30.7 Å². The zero-order valence-corrected chi connectivity index (χ0v) is 14.5. The standard InChI is InChI=1S/C19H26N2O3/c1-14-7-5-6-10-21(14)19(23)16-11-18(22)20(13-16)12-15-8-3-4-9-17(15)24-2/h3-4,8-9,14,16H,5-7,10-13H2,1-2H3/t14-,16+/m0/s1. The van der Waals surface area contributed by atoms with Gasteiger partial charge in [-0.3, -0.25) is 9.59 Å². The highest BCUT2D eigenvalue weighted by Gasteiger charge is 2.38. The van der Waals surface area contributed by atoms with E-state index in [1.807, 2.05) is 29.2 Å². The molecule has 0 aromatic heterocycles. The van der Waals surface area contributed by atoms with E-state index < -0.39 is 0 Å². The van der Waals surface area contributed by atoms with E-state index in [0.29, 0.717) is 25.6 Å². The zero-order valence-electron chi connectivity index (χ0n) is 14.5. The fourth-order valence-electron chi connectivity index (χ4n) is 3.79. The van der Waals surface area contributed by atoms with Gasteiger partial charge in [0.1, 0.15) is 5.75 Å². The minimum absolute atomic E-state index is 0.0592.